The minimum Gasteiger partial charge on any atom is -0.362 e. The van der Waals surface area contributed by atoms with E-state index in [9.17, 15) is 9.59 Å². The monoisotopic (exact) mass is 356 g/mol. The van der Waals surface area contributed by atoms with E-state index in [4.69, 9.17) is 0 Å². The second-order valence-electron chi connectivity index (χ2n) is 6.59. The molecule has 0 radical (unpaired) electrons. The highest BCUT2D eigenvalue weighted by Gasteiger charge is 2.21. The van der Waals surface area contributed by atoms with Gasteiger partial charge in [0.1, 0.15) is 0 Å². The number of nitrogens with one attached hydrogen (secondary N) is 1. The molecule has 1 amide bonds. The lowest BCUT2D eigenvalue weighted by Crippen LogP contribution is -2.32. The van der Waals surface area contributed by atoms with E-state index in [-0.39, 0.29) is 18.2 Å². The quantitative estimate of drug-likeness (QED) is 0.705. The van der Waals surface area contributed by atoms with Crippen molar-refractivity contribution >= 4 is 23.1 Å². The molecule has 1 aliphatic rings. The van der Waals surface area contributed by atoms with Crippen LogP contribution in [0.15, 0.2) is 78.9 Å². The normalized spacial score (nSPS) is 12.5. The van der Waals surface area contributed by atoms with Crippen molar-refractivity contribution in [3.05, 3.63) is 95.6 Å². The van der Waals surface area contributed by atoms with Gasteiger partial charge in [-0.1, -0.05) is 60.7 Å². The van der Waals surface area contributed by atoms with Gasteiger partial charge in [-0.2, -0.15) is 0 Å². The molecule has 4 nitrogen and oxygen atoms in total. The van der Waals surface area contributed by atoms with E-state index in [0.717, 1.165) is 18.7 Å². The van der Waals surface area contributed by atoms with Gasteiger partial charge in [-0.05, 0) is 30.2 Å². The maximum atomic E-state index is 12.8. The molecule has 4 heteroatoms. The van der Waals surface area contributed by atoms with E-state index >= 15 is 0 Å². The Morgan fingerprint density at radius 3 is 2.41 bits per heavy atom. The van der Waals surface area contributed by atoms with Crippen LogP contribution in [0.1, 0.15) is 21.5 Å². The molecule has 0 spiro atoms. The third-order valence-electron chi connectivity index (χ3n) is 4.80. The number of benzene rings is 3. The number of anilines is 2. The molecular formula is C23H20N2O2. The molecule has 0 aromatic heterocycles. The summed E-state index contributed by atoms with van der Waals surface area (Å²) >= 11 is 0. The lowest BCUT2D eigenvalue weighted by atomic mass is 10.0. The smallest absolute Gasteiger partial charge is 0.243 e. The number of rotatable bonds is 5. The molecule has 0 fully saturated rings. The fourth-order valence-electron chi connectivity index (χ4n) is 3.47. The Morgan fingerprint density at radius 1 is 0.852 bits per heavy atom. The third-order valence-corrected chi connectivity index (χ3v) is 4.80. The van der Waals surface area contributed by atoms with Crippen molar-refractivity contribution in [2.75, 3.05) is 23.3 Å². The first-order chi connectivity index (χ1) is 13.2. The van der Waals surface area contributed by atoms with Gasteiger partial charge in [0.05, 0.1) is 12.2 Å². The highest BCUT2D eigenvalue weighted by atomic mass is 16.2. The summed E-state index contributed by atoms with van der Waals surface area (Å²) in [5.74, 6) is -0.224. The van der Waals surface area contributed by atoms with E-state index in [1.54, 1.807) is 24.3 Å². The lowest BCUT2D eigenvalue weighted by molar-refractivity contribution is -0.115. The zero-order valence-corrected chi connectivity index (χ0v) is 14.9. The van der Waals surface area contributed by atoms with Crippen LogP contribution < -0.4 is 10.2 Å². The van der Waals surface area contributed by atoms with Crippen LogP contribution in [-0.4, -0.2) is 24.8 Å². The number of carbonyl (C=O) groups is 2. The molecule has 1 N–H and O–H groups in total. The molecule has 0 unspecified atom stereocenters. The topological polar surface area (TPSA) is 49.4 Å². The number of ketones is 1. The van der Waals surface area contributed by atoms with Gasteiger partial charge in [0.25, 0.3) is 0 Å². The Hall–Kier alpha value is -3.40. The Balaban J connectivity index is 1.50. The number of para-hydroxylation sites is 2. The van der Waals surface area contributed by atoms with E-state index in [2.05, 4.69) is 16.3 Å². The molecule has 3 aromatic rings. The Bertz CT molecular complexity index is 982. The van der Waals surface area contributed by atoms with E-state index in [1.165, 1.54) is 5.56 Å². The second-order valence-corrected chi connectivity index (χ2v) is 6.59. The summed E-state index contributed by atoms with van der Waals surface area (Å²) in [7, 11) is 0. The van der Waals surface area contributed by atoms with Gasteiger partial charge in [-0.3, -0.25) is 9.59 Å². The summed E-state index contributed by atoms with van der Waals surface area (Å²) in [6.45, 7) is 1.10. The van der Waals surface area contributed by atoms with Crippen LogP contribution in [0, 0.1) is 0 Å². The van der Waals surface area contributed by atoms with Crippen molar-refractivity contribution in [2.45, 2.75) is 6.42 Å². The number of hydrogen-bond acceptors (Lipinski definition) is 3. The number of amides is 1. The Labute approximate surface area is 158 Å². The average molecular weight is 356 g/mol. The molecule has 4 rings (SSSR count). The zero-order chi connectivity index (χ0) is 18.6. The molecule has 134 valence electrons. The first-order valence-corrected chi connectivity index (χ1v) is 9.04. The van der Waals surface area contributed by atoms with Crippen molar-refractivity contribution in [3.63, 3.8) is 0 Å². The standard InChI is InChI=1S/C23H20N2O2/c26-22(16-25-15-14-17-8-4-7-13-21(17)25)24-20-12-6-5-11-19(20)23(27)18-9-2-1-3-10-18/h1-13H,14-16H2,(H,24,26). The number of carbonyl (C=O) groups excluding carboxylic acids is 2. The molecule has 3 aromatic carbocycles. The fraction of sp³-hybridized carbons (Fsp3) is 0.130. The SMILES string of the molecule is O=C(CN1CCc2ccccc21)Nc1ccccc1C(=O)c1ccccc1. The van der Waals surface area contributed by atoms with Crippen molar-refractivity contribution in [1.82, 2.24) is 0 Å². The van der Waals surface area contributed by atoms with Crippen molar-refractivity contribution < 1.29 is 9.59 Å². The Morgan fingerprint density at radius 2 is 1.56 bits per heavy atom. The molecule has 1 heterocycles. The van der Waals surface area contributed by atoms with Crippen LogP contribution in [0.4, 0.5) is 11.4 Å². The van der Waals surface area contributed by atoms with Crippen LogP contribution >= 0.6 is 0 Å². The maximum absolute atomic E-state index is 12.8. The first-order valence-electron chi connectivity index (χ1n) is 9.04. The summed E-state index contributed by atoms with van der Waals surface area (Å²) < 4.78 is 0. The molecule has 0 saturated heterocycles. The summed E-state index contributed by atoms with van der Waals surface area (Å²) in [4.78, 5) is 27.5. The highest BCUT2D eigenvalue weighted by Crippen LogP contribution is 2.27. The Kier molecular flexibility index (Phi) is 4.71. The predicted octanol–water partition coefficient (Wildman–Crippen LogP) is 3.92. The van der Waals surface area contributed by atoms with Crippen LogP contribution in [-0.2, 0) is 11.2 Å². The molecule has 0 atom stereocenters. The van der Waals surface area contributed by atoms with Gasteiger partial charge in [0.2, 0.25) is 5.91 Å². The molecule has 0 aliphatic carbocycles. The van der Waals surface area contributed by atoms with Gasteiger partial charge in [-0.15, -0.1) is 0 Å². The molecule has 0 saturated carbocycles. The minimum absolute atomic E-state index is 0.0991. The molecular weight excluding hydrogens is 336 g/mol. The van der Waals surface area contributed by atoms with Gasteiger partial charge in [0, 0.05) is 23.4 Å². The number of nitrogens with zero attached hydrogens (tertiary/aromatic N) is 1. The summed E-state index contributed by atoms with van der Waals surface area (Å²) in [5.41, 5.74) is 4.03. The van der Waals surface area contributed by atoms with Gasteiger partial charge < -0.3 is 10.2 Å². The molecule has 27 heavy (non-hydrogen) atoms. The zero-order valence-electron chi connectivity index (χ0n) is 14.9. The van der Waals surface area contributed by atoms with E-state index < -0.39 is 0 Å². The van der Waals surface area contributed by atoms with E-state index in [0.29, 0.717) is 16.8 Å². The van der Waals surface area contributed by atoms with Crippen molar-refractivity contribution in [1.29, 1.82) is 0 Å². The van der Waals surface area contributed by atoms with Crippen LogP contribution in [0.5, 0.6) is 0 Å². The second kappa shape index (κ2) is 7.46. The van der Waals surface area contributed by atoms with Gasteiger partial charge in [-0.25, -0.2) is 0 Å². The number of fused-ring (bicyclic) bond motifs is 1. The van der Waals surface area contributed by atoms with Crippen molar-refractivity contribution in [3.8, 4) is 0 Å². The van der Waals surface area contributed by atoms with Crippen molar-refractivity contribution in [2.24, 2.45) is 0 Å². The van der Waals surface area contributed by atoms with E-state index in [1.807, 2.05) is 48.5 Å². The van der Waals surface area contributed by atoms with Crippen LogP contribution in [0.3, 0.4) is 0 Å². The highest BCUT2D eigenvalue weighted by molar-refractivity contribution is 6.14. The largest absolute Gasteiger partial charge is 0.362 e. The molecule has 0 bridgehead atoms. The average Bonchev–Trinajstić information content (AvgIpc) is 3.11. The minimum atomic E-state index is -0.125. The third kappa shape index (κ3) is 3.60. The van der Waals surface area contributed by atoms with Crippen LogP contribution in [0.25, 0.3) is 0 Å². The molecule has 1 aliphatic heterocycles. The summed E-state index contributed by atoms with van der Waals surface area (Å²) in [6, 6.07) is 24.4. The predicted molar refractivity (Wildman–Crippen MR) is 107 cm³/mol. The maximum Gasteiger partial charge on any atom is 0.243 e. The first kappa shape index (κ1) is 17.0. The van der Waals surface area contributed by atoms with Gasteiger partial charge >= 0.3 is 0 Å². The summed E-state index contributed by atoms with van der Waals surface area (Å²) in [6.07, 6.45) is 0.951. The fourth-order valence-corrected chi connectivity index (χ4v) is 3.47. The summed E-state index contributed by atoms with van der Waals surface area (Å²) in [5, 5.41) is 2.92. The van der Waals surface area contributed by atoms with Crippen LogP contribution in [0.2, 0.25) is 0 Å². The number of hydrogen-bond donors (Lipinski definition) is 1. The van der Waals surface area contributed by atoms with Gasteiger partial charge in [0.15, 0.2) is 5.78 Å². The lowest BCUT2D eigenvalue weighted by Gasteiger charge is -2.19.